The Morgan fingerprint density at radius 3 is 2.92 bits per heavy atom. The molecule has 0 spiro atoms. The molecule has 1 heterocycles. The van der Waals surface area contributed by atoms with Gasteiger partial charge in [-0.15, -0.1) is 0 Å². The van der Waals surface area contributed by atoms with Gasteiger partial charge in [-0.1, -0.05) is 18.1 Å². The van der Waals surface area contributed by atoms with Crippen LogP contribution >= 0.6 is 0 Å². The van der Waals surface area contributed by atoms with Gasteiger partial charge in [0.2, 0.25) is 0 Å². The number of nitrogens with zero attached hydrogens (tertiary/aromatic N) is 1. The van der Waals surface area contributed by atoms with Crippen LogP contribution in [0.5, 0.6) is 0 Å². The Hall–Kier alpha value is -1.13. The molecule has 2 N–H and O–H groups in total. The highest BCUT2D eigenvalue weighted by atomic mass is 16.4. The van der Waals surface area contributed by atoms with Crippen molar-refractivity contribution in [2.75, 3.05) is 0 Å². The number of hydrogen-bond acceptors (Lipinski definition) is 3. The van der Waals surface area contributed by atoms with E-state index in [2.05, 4.69) is 4.98 Å². The summed E-state index contributed by atoms with van der Waals surface area (Å²) in [6.45, 7) is 0. The summed E-state index contributed by atoms with van der Waals surface area (Å²) in [5.74, 6) is 1.33. The molecule has 0 aliphatic rings. The lowest BCUT2D eigenvalue weighted by Crippen LogP contribution is -2.05. The van der Waals surface area contributed by atoms with Crippen LogP contribution in [-0.2, 0) is 6.42 Å². The zero-order valence-corrected chi connectivity index (χ0v) is 6.59. The van der Waals surface area contributed by atoms with E-state index in [9.17, 15) is 0 Å². The lowest BCUT2D eigenvalue weighted by atomic mass is 9.91. The molecule has 1 aromatic rings. The molecule has 0 fully saturated rings. The lowest BCUT2D eigenvalue weighted by Gasteiger charge is -1.92. The second kappa shape index (κ2) is 4.69. The van der Waals surface area contributed by atoms with E-state index in [1.807, 2.05) is 12.1 Å². The highest BCUT2D eigenvalue weighted by molar-refractivity contribution is 6.47. The summed E-state index contributed by atoms with van der Waals surface area (Å²) in [5.41, 5.74) is 1.05. The van der Waals surface area contributed by atoms with Crippen LogP contribution in [0.25, 0.3) is 0 Å². The fourth-order valence-electron chi connectivity index (χ4n) is 0.845. The summed E-state index contributed by atoms with van der Waals surface area (Å²) in [6.07, 6.45) is 5.81. The standard InChI is InChI=1S/C8H10BNO2/c11-9(12)5-1-3-8-4-2-6-10-7-8/h1-2,4-7,11-12H,3H2/b5-1+. The van der Waals surface area contributed by atoms with Crippen molar-refractivity contribution in [1.82, 2.24) is 4.98 Å². The molecule has 3 nitrogen and oxygen atoms in total. The summed E-state index contributed by atoms with van der Waals surface area (Å²) in [6, 6.07) is 3.78. The highest BCUT2D eigenvalue weighted by Crippen LogP contribution is 1.97. The Labute approximate surface area is 71.5 Å². The van der Waals surface area contributed by atoms with Crippen LogP contribution in [0, 0.1) is 0 Å². The number of hydrogen-bond donors (Lipinski definition) is 2. The molecule has 12 heavy (non-hydrogen) atoms. The molecule has 62 valence electrons. The first kappa shape index (κ1) is 8.97. The predicted molar refractivity (Wildman–Crippen MR) is 47.3 cm³/mol. The van der Waals surface area contributed by atoms with Gasteiger partial charge in [0.1, 0.15) is 0 Å². The van der Waals surface area contributed by atoms with E-state index in [-0.39, 0.29) is 0 Å². The van der Waals surface area contributed by atoms with Crippen molar-refractivity contribution >= 4 is 7.12 Å². The Balaban J connectivity index is 2.43. The second-order valence-corrected chi connectivity index (χ2v) is 2.41. The molecule has 0 saturated carbocycles. The fourth-order valence-corrected chi connectivity index (χ4v) is 0.845. The van der Waals surface area contributed by atoms with E-state index >= 15 is 0 Å². The summed E-state index contributed by atoms with van der Waals surface area (Å²) < 4.78 is 0. The summed E-state index contributed by atoms with van der Waals surface area (Å²) in [7, 11) is -1.36. The topological polar surface area (TPSA) is 53.4 Å². The zero-order valence-electron chi connectivity index (χ0n) is 6.59. The van der Waals surface area contributed by atoms with Crippen molar-refractivity contribution in [2.24, 2.45) is 0 Å². The van der Waals surface area contributed by atoms with Crippen molar-refractivity contribution in [3.05, 3.63) is 42.1 Å². The van der Waals surface area contributed by atoms with Gasteiger partial charge in [-0.3, -0.25) is 4.98 Å². The van der Waals surface area contributed by atoms with E-state index < -0.39 is 7.12 Å². The quantitative estimate of drug-likeness (QED) is 0.625. The summed E-state index contributed by atoms with van der Waals surface area (Å²) in [5, 5.41) is 17.0. The minimum Gasteiger partial charge on any atom is -0.424 e. The average Bonchev–Trinajstić information content (AvgIpc) is 2.05. The van der Waals surface area contributed by atoms with Crippen LogP contribution in [0.2, 0.25) is 0 Å². The monoisotopic (exact) mass is 163 g/mol. The molecule has 4 heteroatoms. The normalized spacial score (nSPS) is 10.5. The minimum atomic E-state index is -1.36. The SMILES string of the molecule is OB(O)/C=C/Cc1cccnc1. The van der Waals surface area contributed by atoms with Gasteiger partial charge in [-0.2, -0.15) is 0 Å². The largest absolute Gasteiger partial charge is 0.480 e. The highest BCUT2D eigenvalue weighted by Gasteiger charge is 1.96. The Morgan fingerprint density at radius 2 is 2.33 bits per heavy atom. The molecular weight excluding hydrogens is 153 g/mol. The van der Waals surface area contributed by atoms with E-state index in [0.29, 0.717) is 6.42 Å². The average molecular weight is 163 g/mol. The van der Waals surface area contributed by atoms with Crippen molar-refractivity contribution < 1.29 is 10.0 Å². The molecular formula is C8H10BNO2. The number of rotatable bonds is 3. The van der Waals surface area contributed by atoms with Gasteiger partial charge in [-0.05, 0) is 18.1 Å². The maximum atomic E-state index is 8.48. The minimum absolute atomic E-state index is 0.672. The van der Waals surface area contributed by atoms with Gasteiger partial charge in [-0.25, -0.2) is 0 Å². The third-order valence-corrected chi connectivity index (χ3v) is 1.38. The van der Waals surface area contributed by atoms with E-state index in [1.165, 1.54) is 5.98 Å². The van der Waals surface area contributed by atoms with Crippen LogP contribution in [0.4, 0.5) is 0 Å². The molecule has 0 saturated heterocycles. The lowest BCUT2D eigenvalue weighted by molar-refractivity contribution is 0.424. The van der Waals surface area contributed by atoms with E-state index in [0.717, 1.165) is 5.56 Å². The van der Waals surface area contributed by atoms with Crippen LogP contribution in [0.3, 0.4) is 0 Å². The number of allylic oxidation sites excluding steroid dienone is 1. The van der Waals surface area contributed by atoms with Gasteiger partial charge in [0.05, 0.1) is 0 Å². The molecule has 0 aliphatic heterocycles. The van der Waals surface area contributed by atoms with Gasteiger partial charge >= 0.3 is 7.12 Å². The Kier molecular flexibility index (Phi) is 3.51. The Morgan fingerprint density at radius 1 is 1.50 bits per heavy atom. The van der Waals surface area contributed by atoms with Crippen molar-refractivity contribution in [3.63, 3.8) is 0 Å². The van der Waals surface area contributed by atoms with Crippen LogP contribution < -0.4 is 0 Å². The van der Waals surface area contributed by atoms with Gasteiger partial charge < -0.3 is 10.0 Å². The molecule has 0 atom stereocenters. The molecule has 0 radical (unpaired) electrons. The van der Waals surface area contributed by atoms with Gasteiger partial charge in [0.15, 0.2) is 0 Å². The second-order valence-electron chi connectivity index (χ2n) is 2.41. The third kappa shape index (κ3) is 3.32. The summed E-state index contributed by atoms with van der Waals surface area (Å²) >= 11 is 0. The molecule has 0 amide bonds. The zero-order chi connectivity index (χ0) is 8.81. The molecule has 1 rings (SSSR count). The number of aromatic nitrogens is 1. The molecule has 0 aromatic carbocycles. The first-order valence-electron chi connectivity index (χ1n) is 3.71. The molecule has 1 aromatic heterocycles. The van der Waals surface area contributed by atoms with E-state index in [1.54, 1.807) is 18.5 Å². The number of pyridine rings is 1. The fraction of sp³-hybridized carbons (Fsp3) is 0.125. The first-order valence-corrected chi connectivity index (χ1v) is 3.71. The smallest absolute Gasteiger partial charge is 0.424 e. The van der Waals surface area contributed by atoms with Crippen molar-refractivity contribution in [3.8, 4) is 0 Å². The molecule has 0 bridgehead atoms. The van der Waals surface area contributed by atoms with Gasteiger partial charge in [0, 0.05) is 12.4 Å². The van der Waals surface area contributed by atoms with Crippen LogP contribution in [0.1, 0.15) is 5.56 Å². The van der Waals surface area contributed by atoms with Crippen molar-refractivity contribution in [2.45, 2.75) is 6.42 Å². The van der Waals surface area contributed by atoms with E-state index in [4.69, 9.17) is 10.0 Å². The van der Waals surface area contributed by atoms with Crippen molar-refractivity contribution in [1.29, 1.82) is 0 Å². The predicted octanol–water partition coefficient (Wildman–Crippen LogP) is 0.192. The Bertz CT molecular complexity index is 248. The maximum absolute atomic E-state index is 8.48. The molecule has 0 unspecified atom stereocenters. The summed E-state index contributed by atoms with van der Waals surface area (Å²) in [4.78, 5) is 3.92. The third-order valence-electron chi connectivity index (χ3n) is 1.38. The molecule has 0 aliphatic carbocycles. The first-order chi connectivity index (χ1) is 5.79. The maximum Gasteiger partial charge on any atom is 0.480 e. The van der Waals surface area contributed by atoms with Gasteiger partial charge in [0.25, 0.3) is 0 Å². The van der Waals surface area contributed by atoms with Crippen LogP contribution in [0.15, 0.2) is 36.6 Å². The van der Waals surface area contributed by atoms with Crippen LogP contribution in [-0.4, -0.2) is 22.2 Å².